The standard InChI is InChI=1S/C20H20N4O5S/c1-3-24-19(26)18(22-14-6-5-8-21-10-14)16(17(23-24)13-7-9-30-12-13)20(27)29-11-15(25)28-4-2/h5-10,12,22H,3-4,11H2,1-2H3. The van der Waals surface area contributed by atoms with Crippen LogP contribution in [0.15, 0.2) is 46.1 Å². The minimum Gasteiger partial charge on any atom is -0.463 e. The number of aromatic nitrogens is 3. The molecule has 0 aliphatic rings. The van der Waals surface area contributed by atoms with Gasteiger partial charge in [-0.05, 0) is 37.4 Å². The molecule has 3 rings (SSSR count). The Labute approximate surface area is 176 Å². The van der Waals surface area contributed by atoms with Crippen molar-refractivity contribution in [2.24, 2.45) is 0 Å². The van der Waals surface area contributed by atoms with Gasteiger partial charge in [0.25, 0.3) is 5.56 Å². The van der Waals surface area contributed by atoms with Crippen LogP contribution in [-0.2, 0) is 20.8 Å². The molecule has 0 saturated carbocycles. The van der Waals surface area contributed by atoms with E-state index in [1.807, 2.05) is 10.8 Å². The molecular weight excluding hydrogens is 408 g/mol. The fraction of sp³-hybridized carbons (Fsp3) is 0.250. The van der Waals surface area contributed by atoms with Crippen molar-refractivity contribution in [3.63, 3.8) is 0 Å². The Hall–Kier alpha value is -3.53. The van der Waals surface area contributed by atoms with Gasteiger partial charge in [-0.1, -0.05) is 0 Å². The number of carbonyl (C=O) groups is 2. The summed E-state index contributed by atoms with van der Waals surface area (Å²) < 4.78 is 11.2. The first-order valence-electron chi connectivity index (χ1n) is 9.22. The Morgan fingerprint density at radius 3 is 2.70 bits per heavy atom. The van der Waals surface area contributed by atoms with Crippen LogP contribution in [0.25, 0.3) is 11.3 Å². The molecule has 0 radical (unpaired) electrons. The van der Waals surface area contributed by atoms with Gasteiger partial charge in [-0.15, -0.1) is 0 Å². The fourth-order valence-corrected chi connectivity index (χ4v) is 3.32. The Kier molecular flexibility index (Phi) is 6.91. The number of ether oxygens (including phenoxy) is 2. The second-order valence-electron chi connectivity index (χ2n) is 5.98. The van der Waals surface area contributed by atoms with Gasteiger partial charge in [-0.3, -0.25) is 9.78 Å². The lowest BCUT2D eigenvalue weighted by atomic mass is 10.1. The largest absolute Gasteiger partial charge is 0.463 e. The first-order valence-corrected chi connectivity index (χ1v) is 10.2. The van der Waals surface area contributed by atoms with E-state index in [0.717, 1.165) is 0 Å². The lowest BCUT2D eigenvalue weighted by Crippen LogP contribution is -2.29. The number of pyridine rings is 1. The van der Waals surface area contributed by atoms with Gasteiger partial charge < -0.3 is 14.8 Å². The summed E-state index contributed by atoms with van der Waals surface area (Å²) in [4.78, 5) is 41.6. The molecule has 0 atom stereocenters. The number of nitrogens with zero attached hydrogens (tertiary/aromatic N) is 3. The van der Waals surface area contributed by atoms with E-state index in [2.05, 4.69) is 15.4 Å². The molecule has 0 aliphatic heterocycles. The van der Waals surface area contributed by atoms with Crippen molar-refractivity contribution in [3.8, 4) is 11.3 Å². The van der Waals surface area contributed by atoms with Crippen LogP contribution in [-0.4, -0.2) is 39.9 Å². The van der Waals surface area contributed by atoms with E-state index < -0.39 is 24.1 Å². The van der Waals surface area contributed by atoms with E-state index in [1.54, 1.807) is 38.2 Å². The van der Waals surface area contributed by atoms with Gasteiger partial charge in [0.05, 0.1) is 18.5 Å². The summed E-state index contributed by atoms with van der Waals surface area (Å²) in [6, 6.07) is 5.19. The van der Waals surface area contributed by atoms with Crippen LogP contribution in [0.3, 0.4) is 0 Å². The molecule has 9 nitrogen and oxygen atoms in total. The van der Waals surface area contributed by atoms with Crippen molar-refractivity contribution in [2.45, 2.75) is 20.4 Å². The zero-order chi connectivity index (χ0) is 21.5. The lowest BCUT2D eigenvalue weighted by Gasteiger charge is -2.16. The number of nitrogens with one attached hydrogen (secondary N) is 1. The number of hydrogen-bond donors (Lipinski definition) is 1. The summed E-state index contributed by atoms with van der Waals surface area (Å²) in [5, 5.41) is 11.0. The maximum Gasteiger partial charge on any atom is 0.344 e. The molecule has 0 aliphatic carbocycles. The van der Waals surface area contributed by atoms with Crippen LogP contribution in [0.2, 0.25) is 0 Å². The van der Waals surface area contributed by atoms with Gasteiger partial charge in [0.15, 0.2) is 6.61 Å². The highest BCUT2D eigenvalue weighted by atomic mass is 32.1. The Bertz CT molecular complexity index is 1080. The Balaban J connectivity index is 2.12. The second-order valence-corrected chi connectivity index (χ2v) is 6.76. The predicted octanol–water partition coefficient (Wildman–Crippen LogP) is 2.85. The number of carbonyl (C=O) groups excluding carboxylic acids is 2. The second kappa shape index (κ2) is 9.79. The highest BCUT2D eigenvalue weighted by Crippen LogP contribution is 2.29. The molecule has 1 N–H and O–H groups in total. The smallest absolute Gasteiger partial charge is 0.344 e. The van der Waals surface area contributed by atoms with Crippen molar-refractivity contribution in [3.05, 3.63) is 57.3 Å². The summed E-state index contributed by atoms with van der Waals surface area (Å²) in [6.45, 7) is 3.32. The number of esters is 2. The number of anilines is 2. The average molecular weight is 428 g/mol. The van der Waals surface area contributed by atoms with Crippen LogP contribution in [0.1, 0.15) is 24.2 Å². The normalized spacial score (nSPS) is 10.5. The molecule has 0 spiro atoms. The highest BCUT2D eigenvalue weighted by Gasteiger charge is 2.26. The zero-order valence-corrected chi connectivity index (χ0v) is 17.3. The molecule has 0 amide bonds. The quantitative estimate of drug-likeness (QED) is 0.545. The average Bonchev–Trinajstić information content (AvgIpc) is 3.29. The number of aryl methyl sites for hydroxylation is 1. The fourth-order valence-electron chi connectivity index (χ4n) is 2.68. The summed E-state index contributed by atoms with van der Waals surface area (Å²) in [5.74, 6) is -1.54. The van der Waals surface area contributed by atoms with Crippen LogP contribution in [0.5, 0.6) is 0 Å². The third kappa shape index (κ3) is 4.71. The van der Waals surface area contributed by atoms with Gasteiger partial charge in [-0.25, -0.2) is 14.3 Å². The molecule has 3 heterocycles. The molecular formula is C20H20N4O5S. The molecule has 30 heavy (non-hydrogen) atoms. The summed E-state index contributed by atoms with van der Waals surface area (Å²) in [6.07, 6.45) is 3.11. The van der Waals surface area contributed by atoms with E-state index in [0.29, 0.717) is 17.8 Å². The summed E-state index contributed by atoms with van der Waals surface area (Å²) in [7, 11) is 0. The summed E-state index contributed by atoms with van der Waals surface area (Å²) in [5.41, 5.74) is 0.881. The number of thiophene rings is 1. The maximum atomic E-state index is 13.0. The molecule has 3 aromatic rings. The van der Waals surface area contributed by atoms with Crippen LogP contribution >= 0.6 is 11.3 Å². The van der Waals surface area contributed by atoms with E-state index in [4.69, 9.17) is 9.47 Å². The molecule has 0 fully saturated rings. The molecule has 10 heteroatoms. The third-order valence-electron chi connectivity index (χ3n) is 4.01. The lowest BCUT2D eigenvalue weighted by molar-refractivity contribution is -0.146. The SMILES string of the molecule is CCOC(=O)COC(=O)c1c(-c2ccsc2)nn(CC)c(=O)c1Nc1cccnc1. The van der Waals surface area contributed by atoms with Crippen molar-refractivity contribution in [1.29, 1.82) is 0 Å². The van der Waals surface area contributed by atoms with E-state index >= 15 is 0 Å². The van der Waals surface area contributed by atoms with E-state index in [-0.39, 0.29) is 23.6 Å². The maximum absolute atomic E-state index is 13.0. The van der Waals surface area contributed by atoms with Crippen LogP contribution in [0, 0.1) is 0 Å². The minimum atomic E-state index is -0.858. The minimum absolute atomic E-state index is 0.00471. The van der Waals surface area contributed by atoms with Gasteiger partial charge in [0.2, 0.25) is 0 Å². The highest BCUT2D eigenvalue weighted by molar-refractivity contribution is 7.08. The van der Waals surface area contributed by atoms with Gasteiger partial charge in [0, 0.05) is 23.7 Å². The van der Waals surface area contributed by atoms with E-state index in [9.17, 15) is 14.4 Å². The Morgan fingerprint density at radius 1 is 1.23 bits per heavy atom. The van der Waals surface area contributed by atoms with E-state index in [1.165, 1.54) is 22.2 Å². The van der Waals surface area contributed by atoms with Crippen molar-refractivity contribution in [2.75, 3.05) is 18.5 Å². The Morgan fingerprint density at radius 2 is 2.07 bits per heavy atom. The molecule has 0 bridgehead atoms. The molecule has 3 aromatic heterocycles. The predicted molar refractivity (Wildman–Crippen MR) is 112 cm³/mol. The first kappa shape index (κ1) is 21.2. The molecule has 156 valence electrons. The summed E-state index contributed by atoms with van der Waals surface area (Å²) >= 11 is 1.42. The van der Waals surface area contributed by atoms with Crippen molar-refractivity contribution in [1.82, 2.24) is 14.8 Å². The monoisotopic (exact) mass is 428 g/mol. The van der Waals surface area contributed by atoms with Crippen LogP contribution < -0.4 is 10.9 Å². The topological polar surface area (TPSA) is 112 Å². The van der Waals surface area contributed by atoms with Crippen LogP contribution in [0.4, 0.5) is 11.4 Å². The zero-order valence-electron chi connectivity index (χ0n) is 16.5. The van der Waals surface area contributed by atoms with Crippen molar-refractivity contribution < 1.29 is 19.1 Å². The van der Waals surface area contributed by atoms with Gasteiger partial charge in [-0.2, -0.15) is 16.4 Å². The van der Waals surface area contributed by atoms with Crippen molar-refractivity contribution >= 4 is 34.7 Å². The molecule has 0 unspecified atom stereocenters. The molecule has 0 saturated heterocycles. The first-order chi connectivity index (χ1) is 14.5. The number of rotatable bonds is 8. The van der Waals surface area contributed by atoms with Gasteiger partial charge >= 0.3 is 11.9 Å². The van der Waals surface area contributed by atoms with Gasteiger partial charge in [0.1, 0.15) is 16.9 Å². The third-order valence-corrected chi connectivity index (χ3v) is 4.69. The molecule has 0 aromatic carbocycles. The number of hydrogen-bond acceptors (Lipinski definition) is 9.